The summed E-state index contributed by atoms with van der Waals surface area (Å²) in [6.45, 7) is 1.57. The number of hydrogen-bond donors (Lipinski definition) is 1. The minimum Gasteiger partial charge on any atom is -0.468 e. The van der Waals surface area contributed by atoms with E-state index in [1.54, 1.807) is 0 Å². The van der Waals surface area contributed by atoms with Crippen LogP contribution in [0.15, 0.2) is 28.4 Å². The number of aliphatic imine (C=N–C) groups is 1. The van der Waals surface area contributed by atoms with E-state index >= 15 is 0 Å². The minimum absolute atomic E-state index is 0.0425. The number of alkyl halides is 1. The van der Waals surface area contributed by atoms with Crippen LogP contribution in [-0.2, 0) is 23.8 Å². The summed E-state index contributed by atoms with van der Waals surface area (Å²) in [7, 11) is 0.988. The molecule has 2 N–H and O–H groups in total. The van der Waals surface area contributed by atoms with Gasteiger partial charge in [-0.1, -0.05) is 0 Å². The first kappa shape index (κ1) is 25.5. The Morgan fingerprint density at radius 2 is 1.81 bits per heavy atom. The van der Waals surface area contributed by atoms with Crippen molar-refractivity contribution in [1.82, 2.24) is 0 Å². The van der Waals surface area contributed by atoms with Crippen LogP contribution in [0.25, 0.3) is 0 Å². The van der Waals surface area contributed by atoms with Gasteiger partial charge in [0.05, 0.1) is 43.4 Å². The molecule has 0 spiro atoms. The largest absolute Gasteiger partial charge is 0.468 e. The van der Waals surface area contributed by atoms with Gasteiger partial charge in [0.2, 0.25) is 0 Å². The second-order valence-corrected chi connectivity index (χ2v) is 7.15. The monoisotopic (exact) mass is 460 g/mol. The fourth-order valence-electron chi connectivity index (χ4n) is 3.40. The van der Waals surface area contributed by atoms with Crippen molar-refractivity contribution in [1.29, 1.82) is 0 Å². The van der Waals surface area contributed by atoms with Gasteiger partial charge in [-0.2, -0.15) is 0 Å². The van der Waals surface area contributed by atoms with Crippen LogP contribution in [0.2, 0.25) is 0 Å². The van der Waals surface area contributed by atoms with Gasteiger partial charge in [-0.05, 0) is 13.8 Å². The third-order valence-corrected chi connectivity index (χ3v) is 4.60. The number of hydrogen-bond acceptors (Lipinski definition) is 7. The van der Waals surface area contributed by atoms with Gasteiger partial charge >= 0.3 is 11.9 Å². The molecule has 1 aliphatic rings. The lowest BCUT2D eigenvalue weighted by Gasteiger charge is -2.32. The summed E-state index contributed by atoms with van der Waals surface area (Å²) in [4.78, 5) is 29.6. The molecule has 7 nitrogen and oxygen atoms in total. The van der Waals surface area contributed by atoms with Crippen LogP contribution in [-0.4, -0.2) is 57.3 Å². The Balaban J connectivity index is 2.84. The van der Waals surface area contributed by atoms with Crippen LogP contribution in [0, 0.1) is 23.4 Å². The number of methoxy groups -OCH3 is 1. The summed E-state index contributed by atoms with van der Waals surface area (Å²) in [5, 5.41) is 0. The predicted molar refractivity (Wildman–Crippen MR) is 106 cm³/mol. The van der Waals surface area contributed by atoms with Gasteiger partial charge < -0.3 is 19.9 Å². The summed E-state index contributed by atoms with van der Waals surface area (Å²) < 4.78 is 72.3. The molecule has 32 heavy (non-hydrogen) atoms. The van der Waals surface area contributed by atoms with Crippen LogP contribution in [0.1, 0.15) is 25.3 Å². The summed E-state index contributed by atoms with van der Waals surface area (Å²) in [5.74, 6) is -9.55. The van der Waals surface area contributed by atoms with E-state index in [0.29, 0.717) is 12.1 Å². The van der Waals surface area contributed by atoms with Gasteiger partial charge in [-0.3, -0.25) is 9.79 Å². The number of nitrogens with two attached hydrogens (primary N) is 1. The number of carbonyl (C=O) groups is 2. The second-order valence-electron chi connectivity index (χ2n) is 7.15. The first-order chi connectivity index (χ1) is 15.2. The van der Waals surface area contributed by atoms with E-state index in [1.165, 1.54) is 13.8 Å². The average molecular weight is 460 g/mol. The van der Waals surface area contributed by atoms with Crippen molar-refractivity contribution >= 4 is 17.7 Å². The van der Waals surface area contributed by atoms with Crippen molar-refractivity contribution in [3.8, 4) is 0 Å². The summed E-state index contributed by atoms with van der Waals surface area (Å²) in [5.41, 5.74) is 3.52. The number of halogens is 4. The highest BCUT2D eigenvalue weighted by Crippen LogP contribution is 2.42. The molecule has 1 heterocycles. The fraction of sp³-hybridized carbons (Fsp3) is 0.476. The minimum atomic E-state index is -1.74. The van der Waals surface area contributed by atoms with E-state index in [0.717, 1.165) is 7.11 Å². The molecule has 0 radical (unpaired) electrons. The topological polar surface area (TPSA) is 100 Å². The Kier molecular flexibility index (Phi) is 8.90. The SMILES string of the molecule is COC(=O)C1C(CF)=NC(COCCN)=C(C(=O)OC(C)C)C1c1c(F)cc(F)cc1F. The third-order valence-electron chi connectivity index (χ3n) is 4.60. The van der Waals surface area contributed by atoms with E-state index in [4.69, 9.17) is 19.9 Å². The lowest BCUT2D eigenvalue weighted by molar-refractivity contribution is -0.145. The molecule has 2 atom stereocenters. The molecule has 0 saturated carbocycles. The zero-order valence-corrected chi connectivity index (χ0v) is 17.8. The maximum absolute atomic E-state index is 14.8. The summed E-state index contributed by atoms with van der Waals surface area (Å²) in [6, 6.07) is 0.785. The normalized spacial score (nSPS) is 18.6. The van der Waals surface area contributed by atoms with Crippen LogP contribution in [0.3, 0.4) is 0 Å². The molecule has 0 amide bonds. The van der Waals surface area contributed by atoms with Crippen molar-refractivity contribution in [2.24, 2.45) is 16.6 Å². The van der Waals surface area contributed by atoms with Crippen molar-refractivity contribution in [3.05, 3.63) is 46.4 Å². The van der Waals surface area contributed by atoms with Gasteiger partial charge in [-0.15, -0.1) is 0 Å². The molecule has 2 unspecified atom stereocenters. The van der Waals surface area contributed by atoms with Crippen LogP contribution in [0.4, 0.5) is 17.6 Å². The quantitative estimate of drug-likeness (QED) is 0.346. The lowest BCUT2D eigenvalue weighted by Crippen LogP contribution is -2.40. The van der Waals surface area contributed by atoms with Gasteiger partial charge in [0.1, 0.15) is 30.0 Å². The standard InChI is InChI=1S/C21H24F4N2O5/c1-10(2)32-21(29)18-15(9-31-5-4-26)27-14(8-22)17(20(28)30-3)19(18)16-12(24)6-11(23)7-13(16)25/h6-7,10,17,19H,4-5,8-9,26H2,1-3H3. The molecule has 11 heteroatoms. The highest BCUT2D eigenvalue weighted by atomic mass is 19.1. The summed E-state index contributed by atoms with van der Waals surface area (Å²) in [6.07, 6.45) is -0.645. The molecule has 0 aromatic heterocycles. The number of nitrogens with zero attached hydrogens (tertiary/aromatic N) is 1. The maximum atomic E-state index is 14.8. The fourth-order valence-corrected chi connectivity index (χ4v) is 3.40. The molecule has 1 aromatic rings. The molecule has 0 bridgehead atoms. The second kappa shape index (κ2) is 11.2. The van der Waals surface area contributed by atoms with E-state index in [1.807, 2.05) is 0 Å². The van der Waals surface area contributed by atoms with E-state index in [9.17, 15) is 27.2 Å². The number of rotatable bonds is 9. The molecule has 1 aromatic carbocycles. The van der Waals surface area contributed by atoms with Crippen molar-refractivity contribution in [2.75, 3.05) is 33.5 Å². The molecule has 176 valence electrons. The Morgan fingerprint density at radius 1 is 1.19 bits per heavy atom. The number of esters is 2. The molecule has 0 saturated heterocycles. The Hall–Kier alpha value is -2.79. The maximum Gasteiger partial charge on any atom is 0.336 e. The molecule has 2 rings (SSSR count). The van der Waals surface area contributed by atoms with Crippen molar-refractivity contribution in [2.45, 2.75) is 25.9 Å². The van der Waals surface area contributed by atoms with Crippen LogP contribution in [0.5, 0.6) is 0 Å². The highest BCUT2D eigenvalue weighted by Gasteiger charge is 2.46. The average Bonchev–Trinajstić information content (AvgIpc) is 2.71. The predicted octanol–water partition coefficient (Wildman–Crippen LogP) is 2.58. The van der Waals surface area contributed by atoms with Crippen molar-refractivity contribution < 1.29 is 41.4 Å². The lowest BCUT2D eigenvalue weighted by atomic mass is 9.75. The third kappa shape index (κ3) is 5.52. The first-order valence-corrected chi connectivity index (χ1v) is 9.73. The zero-order valence-electron chi connectivity index (χ0n) is 17.8. The Morgan fingerprint density at radius 3 is 2.31 bits per heavy atom. The van der Waals surface area contributed by atoms with Gasteiger partial charge in [-0.25, -0.2) is 22.4 Å². The molecular formula is C21H24F4N2O5. The van der Waals surface area contributed by atoms with Crippen molar-refractivity contribution in [3.63, 3.8) is 0 Å². The number of benzene rings is 1. The van der Waals surface area contributed by atoms with E-state index in [2.05, 4.69) is 4.99 Å². The molecule has 1 aliphatic heterocycles. The Labute approximate surface area is 182 Å². The number of ether oxygens (including phenoxy) is 3. The zero-order chi connectivity index (χ0) is 24.0. The number of carbonyl (C=O) groups excluding carboxylic acids is 2. The van der Waals surface area contributed by atoms with E-state index in [-0.39, 0.29) is 25.5 Å². The van der Waals surface area contributed by atoms with Crippen LogP contribution >= 0.6 is 0 Å². The van der Waals surface area contributed by atoms with Gasteiger partial charge in [0.15, 0.2) is 0 Å². The molecule has 0 aliphatic carbocycles. The highest BCUT2D eigenvalue weighted by molar-refractivity contribution is 6.08. The smallest absolute Gasteiger partial charge is 0.336 e. The first-order valence-electron chi connectivity index (χ1n) is 9.73. The van der Waals surface area contributed by atoms with Gasteiger partial charge in [0, 0.05) is 30.2 Å². The molecular weight excluding hydrogens is 436 g/mol. The molecule has 0 fully saturated rings. The summed E-state index contributed by atoms with van der Waals surface area (Å²) >= 11 is 0. The van der Waals surface area contributed by atoms with Gasteiger partial charge in [0.25, 0.3) is 0 Å². The Bertz CT molecular complexity index is 910. The van der Waals surface area contributed by atoms with E-state index < -0.39 is 70.9 Å². The van der Waals surface area contributed by atoms with Crippen LogP contribution < -0.4 is 5.73 Å².